The minimum absolute atomic E-state index is 0.0334. The number of carbonyl (C=O) groups is 3. The second kappa shape index (κ2) is 17.1. The fourth-order valence-corrected chi connectivity index (χ4v) is 7.28. The molecule has 2 saturated heterocycles. The molecule has 2 atom stereocenters. The first-order chi connectivity index (χ1) is 23.8. The normalized spacial score (nSPS) is 16.9. The number of methoxy groups -OCH3 is 1. The van der Waals surface area contributed by atoms with Crippen LogP contribution >= 0.6 is 7.60 Å². The van der Waals surface area contributed by atoms with Crippen LogP contribution in [0, 0.1) is 0 Å². The lowest BCUT2D eigenvalue weighted by Crippen LogP contribution is -2.57. The minimum atomic E-state index is -4.15. The number of nitrogens with zero attached hydrogens (tertiary/aromatic N) is 5. The van der Waals surface area contributed by atoms with E-state index in [1.165, 1.54) is 11.2 Å². The zero-order valence-corrected chi connectivity index (χ0v) is 28.7. The van der Waals surface area contributed by atoms with Crippen molar-refractivity contribution >= 4 is 31.3 Å². The molecule has 0 radical (unpaired) electrons. The highest BCUT2D eigenvalue weighted by atomic mass is 31.2. The van der Waals surface area contributed by atoms with Crippen molar-refractivity contribution in [3.05, 3.63) is 78.8 Å². The summed E-state index contributed by atoms with van der Waals surface area (Å²) in [5, 5.41) is 2.76. The number of amides is 3. The Morgan fingerprint density at radius 3 is 2.14 bits per heavy atom. The van der Waals surface area contributed by atoms with Gasteiger partial charge in [0.2, 0.25) is 5.91 Å². The van der Waals surface area contributed by atoms with Gasteiger partial charge in [-0.25, -0.2) is 19.3 Å². The lowest BCUT2D eigenvalue weighted by Gasteiger charge is -2.36. The maximum Gasteiger partial charge on any atom is 0.433 e. The number of rotatable bonds is 14. The van der Waals surface area contributed by atoms with Gasteiger partial charge in [0.1, 0.15) is 41.5 Å². The number of ether oxygens (including phenoxy) is 2. The van der Waals surface area contributed by atoms with Crippen molar-refractivity contribution in [1.29, 1.82) is 0 Å². The number of hydrogen-bond donors (Lipinski definition) is 1. The number of benzene rings is 2. The van der Waals surface area contributed by atoms with E-state index in [0.717, 1.165) is 19.3 Å². The van der Waals surface area contributed by atoms with Gasteiger partial charge in [0.05, 0.1) is 12.7 Å². The summed E-state index contributed by atoms with van der Waals surface area (Å²) >= 11 is 0. The molecular formula is C34H43N6O8P. The van der Waals surface area contributed by atoms with E-state index in [1.807, 2.05) is 11.8 Å². The molecule has 49 heavy (non-hydrogen) atoms. The predicted molar refractivity (Wildman–Crippen MR) is 182 cm³/mol. The van der Waals surface area contributed by atoms with E-state index in [1.54, 1.807) is 78.7 Å². The van der Waals surface area contributed by atoms with Crippen LogP contribution in [0.2, 0.25) is 0 Å². The quantitative estimate of drug-likeness (QED) is 0.191. The number of aromatic nitrogens is 2. The Morgan fingerprint density at radius 1 is 0.918 bits per heavy atom. The summed E-state index contributed by atoms with van der Waals surface area (Å²) in [4.78, 5) is 54.0. The average Bonchev–Trinajstić information content (AvgIpc) is 3.62. The van der Waals surface area contributed by atoms with Gasteiger partial charge in [0, 0.05) is 52.4 Å². The lowest BCUT2D eigenvalue weighted by molar-refractivity contribution is -0.134. The summed E-state index contributed by atoms with van der Waals surface area (Å²) in [5.74, 6) is -0.0638. The molecule has 2 fully saturated rings. The summed E-state index contributed by atoms with van der Waals surface area (Å²) in [6, 6.07) is 17.2. The molecule has 1 N–H and O–H groups in total. The smallest absolute Gasteiger partial charge is 0.433 e. The van der Waals surface area contributed by atoms with Crippen LogP contribution < -0.4 is 19.3 Å². The summed E-state index contributed by atoms with van der Waals surface area (Å²) in [6.45, 7) is 4.51. The molecule has 0 spiro atoms. The van der Waals surface area contributed by atoms with Crippen LogP contribution in [0.3, 0.4) is 0 Å². The zero-order valence-electron chi connectivity index (χ0n) is 27.8. The van der Waals surface area contributed by atoms with Gasteiger partial charge in [-0.05, 0) is 37.1 Å². The second-order valence-electron chi connectivity index (χ2n) is 11.8. The van der Waals surface area contributed by atoms with Gasteiger partial charge < -0.3 is 38.5 Å². The fourth-order valence-electron chi connectivity index (χ4n) is 5.52. The van der Waals surface area contributed by atoms with Crippen LogP contribution in [0.5, 0.6) is 11.5 Å². The number of anilines is 1. The van der Waals surface area contributed by atoms with Gasteiger partial charge in [0.25, 0.3) is 5.91 Å². The summed E-state index contributed by atoms with van der Waals surface area (Å²) < 4.78 is 37.3. The van der Waals surface area contributed by atoms with Gasteiger partial charge in [-0.2, -0.15) is 0 Å². The molecule has 15 heteroatoms. The Bertz CT molecular complexity index is 1550. The lowest BCUT2D eigenvalue weighted by atomic mass is 10.2. The molecule has 262 valence electrons. The van der Waals surface area contributed by atoms with E-state index in [0.29, 0.717) is 25.5 Å². The van der Waals surface area contributed by atoms with Gasteiger partial charge in [-0.1, -0.05) is 49.7 Å². The summed E-state index contributed by atoms with van der Waals surface area (Å²) in [6.07, 6.45) is 2.91. The molecular weight excluding hydrogens is 651 g/mol. The zero-order chi connectivity index (χ0) is 34.6. The molecule has 3 heterocycles. The molecule has 0 bridgehead atoms. The van der Waals surface area contributed by atoms with Crippen LogP contribution in [0.25, 0.3) is 0 Å². The maximum absolute atomic E-state index is 14.5. The van der Waals surface area contributed by atoms with Crippen LogP contribution in [-0.4, -0.2) is 109 Å². The third kappa shape index (κ3) is 9.93. The van der Waals surface area contributed by atoms with E-state index in [-0.39, 0.29) is 49.5 Å². The predicted octanol–water partition coefficient (Wildman–Crippen LogP) is 4.23. The Labute approximate surface area is 286 Å². The third-order valence-corrected chi connectivity index (χ3v) is 10.0. The molecule has 2 aromatic carbocycles. The van der Waals surface area contributed by atoms with E-state index in [2.05, 4.69) is 15.3 Å². The van der Waals surface area contributed by atoms with Gasteiger partial charge >= 0.3 is 13.7 Å². The molecule has 0 aliphatic carbocycles. The van der Waals surface area contributed by atoms with Crippen molar-refractivity contribution in [3.63, 3.8) is 0 Å². The highest BCUT2D eigenvalue weighted by molar-refractivity contribution is 7.54. The number of para-hydroxylation sites is 2. The van der Waals surface area contributed by atoms with E-state index in [4.69, 9.17) is 18.5 Å². The SMILES string of the molecule is CCCCOC(=O)N1CCN(C(=O)C(CP(=O)(Oc2ccccc2)Oc2ccccc2)NC(=O)c2cc(N3CCC(OC)C3)ncn2)CC1. The molecule has 14 nitrogen and oxygen atoms in total. The fraction of sp³-hybridized carbons (Fsp3) is 0.441. The Morgan fingerprint density at radius 2 is 1.55 bits per heavy atom. The van der Waals surface area contributed by atoms with E-state index in [9.17, 15) is 18.9 Å². The number of unbranched alkanes of at least 4 members (excludes halogenated alkanes) is 1. The first kappa shape index (κ1) is 35.6. The number of nitrogens with one attached hydrogen (secondary N) is 1. The Hall–Kier alpha value is -4.68. The number of hydrogen-bond acceptors (Lipinski definition) is 11. The van der Waals surface area contributed by atoms with Crippen LogP contribution in [0.4, 0.5) is 10.6 Å². The molecule has 2 aliphatic rings. The topological polar surface area (TPSA) is 153 Å². The second-order valence-corrected chi connectivity index (χ2v) is 13.7. The maximum atomic E-state index is 14.5. The largest absolute Gasteiger partial charge is 0.449 e. The Kier molecular flexibility index (Phi) is 12.4. The number of piperazine rings is 1. The third-order valence-electron chi connectivity index (χ3n) is 8.25. The molecule has 0 saturated carbocycles. The minimum Gasteiger partial charge on any atom is -0.449 e. The number of carbonyl (C=O) groups excluding carboxylic acids is 3. The average molecular weight is 695 g/mol. The van der Waals surface area contributed by atoms with Crippen LogP contribution in [-0.2, 0) is 18.8 Å². The van der Waals surface area contributed by atoms with Gasteiger partial charge in [-0.15, -0.1) is 0 Å². The van der Waals surface area contributed by atoms with Crippen molar-refractivity contribution in [2.24, 2.45) is 0 Å². The molecule has 2 aliphatic heterocycles. The highest BCUT2D eigenvalue weighted by Crippen LogP contribution is 2.49. The molecule has 3 amide bonds. The Balaban J connectivity index is 1.38. The van der Waals surface area contributed by atoms with Gasteiger partial charge in [-0.3, -0.25) is 9.59 Å². The first-order valence-electron chi connectivity index (χ1n) is 16.5. The first-order valence-corrected chi connectivity index (χ1v) is 18.2. The van der Waals surface area contributed by atoms with Crippen molar-refractivity contribution < 1.29 is 37.5 Å². The highest BCUT2D eigenvalue weighted by Gasteiger charge is 2.40. The van der Waals surface area contributed by atoms with Crippen molar-refractivity contribution in [2.45, 2.75) is 38.3 Å². The van der Waals surface area contributed by atoms with Crippen molar-refractivity contribution in [3.8, 4) is 11.5 Å². The summed E-state index contributed by atoms with van der Waals surface area (Å²) in [7, 11) is -2.50. The molecule has 5 rings (SSSR count). The van der Waals surface area contributed by atoms with E-state index >= 15 is 0 Å². The van der Waals surface area contributed by atoms with Gasteiger partial charge in [0.15, 0.2) is 0 Å². The van der Waals surface area contributed by atoms with Crippen LogP contribution in [0.15, 0.2) is 73.1 Å². The van der Waals surface area contributed by atoms with Crippen LogP contribution in [0.1, 0.15) is 36.7 Å². The van der Waals surface area contributed by atoms with Crippen molar-refractivity contribution in [1.82, 2.24) is 25.1 Å². The summed E-state index contributed by atoms with van der Waals surface area (Å²) in [5.41, 5.74) is 0.0334. The van der Waals surface area contributed by atoms with Crippen molar-refractivity contribution in [2.75, 3.05) is 64.0 Å². The molecule has 3 aromatic rings. The molecule has 1 aromatic heterocycles. The van der Waals surface area contributed by atoms with E-state index < -0.39 is 37.7 Å². The molecule has 2 unspecified atom stereocenters. The monoisotopic (exact) mass is 694 g/mol. The standard InChI is InChI=1S/C34H43N6O8P/c1-3-4-21-46-34(43)39-19-17-38(18-20-39)33(42)30(37-32(41)29-22-31(36-25-35-29)40-16-15-28(23-40)45-2)24-49(44,47-26-11-7-5-8-12-26)48-27-13-9-6-10-14-27/h5-14,22,25,28,30H,3-4,15-21,23-24H2,1-2H3,(H,37,41).